The van der Waals surface area contributed by atoms with Crippen molar-refractivity contribution in [1.29, 1.82) is 0 Å². The number of hydrogen-bond acceptors (Lipinski definition) is 2. The predicted octanol–water partition coefficient (Wildman–Crippen LogP) is 2.65. The molecule has 0 amide bonds. The Morgan fingerprint density at radius 2 is 2.12 bits per heavy atom. The number of rotatable bonds is 2. The second kappa shape index (κ2) is 4.65. The lowest BCUT2D eigenvalue weighted by Gasteiger charge is -2.18. The molecule has 0 aliphatic carbocycles. The van der Waals surface area contributed by atoms with E-state index in [0.29, 0.717) is 13.2 Å². The van der Waals surface area contributed by atoms with Crippen molar-refractivity contribution in [2.45, 2.75) is 12.5 Å². The molecule has 2 rings (SSSR count). The minimum atomic E-state index is -0.646. The highest BCUT2D eigenvalue weighted by atomic mass is 35.5. The molecule has 1 aromatic carbocycles. The van der Waals surface area contributed by atoms with Crippen LogP contribution in [-0.4, -0.2) is 13.2 Å². The van der Waals surface area contributed by atoms with E-state index in [0.717, 1.165) is 18.6 Å². The number of benzene rings is 1. The quantitative estimate of drug-likeness (QED) is 0.816. The third-order valence-corrected chi connectivity index (χ3v) is 3.16. The average molecular weight is 248 g/mol. The molecule has 0 bridgehead atoms. The number of ether oxygens (including phenoxy) is 1. The van der Waals surface area contributed by atoms with Crippen molar-refractivity contribution >= 4 is 11.6 Å². The lowest BCUT2D eigenvalue weighted by atomic mass is 9.93. The normalized spacial score (nSPS) is 22.4. The fourth-order valence-electron chi connectivity index (χ4n) is 1.88. The Morgan fingerprint density at radius 3 is 2.75 bits per heavy atom. The highest BCUT2D eigenvalue weighted by Crippen LogP contribution is 2.30. The summed E-state index contributed by atoms with van der Waals surface area (Å²) in [5.74, 6) is -1.17. The van der Waals surface area contributed by atoms with Crippen molar-refractivity contribution < 1.29 is 13.5 Å². The summed E-state index contributed by atoms with van der Waals surface area (Å²) in [4.78, 5) is 0. The van der Waals surface area contributed by atoms with E-state index in [1.165, 1.54) is 0 Å². The second-order valence-corrected chi connectivity index (χ2v) is 4.34. The summed E-state index contributed by atoms with van der Waals surface area (Å²) in [6, 6.07) is 1.48. The second-order valence-electron chi connectivity index (χ2n) is 3.94. The van der Waals surface area contributed by atoms with E-state index >= 15 is 0 Å². The van der Waals surface area contributed by atoms with Crippen molar-refractivity contribution in [2.24, 2.45) is 11.7 Å². The van der Waals surface area contributed by atoms with Crippen molar-refractivity contribution in [1.82, 2.24) is 0 Å². The fraction of sp³-hybridized carbons (Fsp3) is 0.455. The highest BCUT2D eigenvalue weighted by molar-refractivity contribution is 6.30. The summed E-state index contributed by atoms with van der Waals surface area (Å²) >= 11 is 5.47. The molecule has 5 heteroatoms. The first-order chi connectivity index (χ1) is 7.59. The van der Waals surface area contributed by atoms with Gasteiger partial charge in [0.05, 0.1) is 11.6 Å². The van der Waals surface area contributed by atoms with E-state index in [1.807, 2.05) is 0 Å². The maximum Gasteiger partial charge on any atom is 0.142 e. The first kappa shape index (κ1) is 11.8. The molecule has 0 saturated carbocycles. The molecule has 2 atom stereocenters. The van der Waals surface area contributed by atoms with Crippen molar-refractivity contribution in [3.05, 3.63) is 34.4 Å². The molecule has 2 nitrogen and oxygen atoms in total. The van der Waals surface area contributed by atoms with Crippen LogP contribution in [0.1, 0.15) is 18.0 Å². The fourth-order valence-corrected chi connectivity index (χ4v) is 2.03. The van der Waals surface area contributed by atoms with Crippen LogP contribution in [0.5, 0.6) is 0 Å². The molecular weight excluding hydrogens is 236 g/mol. The zero-order valence-corrected chi connectivity index (χ0v) is 9.31. The Kier molecular flexibility index (Phi) is 3.42. The predicted molar refractivity (Wildman–Crippen MR) is 57.2 cm³/mol. The molecule has 1 saturated heterocycles. The first-order valence-electron chi connectivity index (χ1n) is 5.07. The monoisotopic (exact) mass is 247 g/mol. The van der Waals surface area contributed by atoms with Crippen molar-refractivity contribution in [3.8, 4) is 0 Å². The van der Waals surface area contributed by atoms with Gasteiger partial charge in [-0.1, -0.05) is 11.6 Å². The van der Waals surface area contributed by atoms with Gasteiger partial charge in [-0.2, -0.15) is 0 Å². The van der Waals surface area contributed by atoms with E-state index < -0.39 is 17.7 Å². The van der Waals surface area contributed by atoms with Gasteiger partial charge in [0.1, 0.15) is 11.6 Å². The standard InChI is InChI=1S/C11H12ClF2NO/c12-8-4-9(13)7(3-10(8)14)11(15)6-1-2-16-5-6/h3-4,6,11H,1-2,5,15H2. The van der Waals surface area contributed by atoms with Crippen LogP contribution in [0.2, 0.25) is 5.02 Å². The Hall–Kier alpha value is -0.710. The molecule has 1 heterocycles. The van der Waals surface area contributed by atoms with Gasteiger partial charge in [-0.25, -0.2) is 8.78 Å². The molecule has 0 aromatic heterocycles. The van der Waals surface area contributed by atoms with Crippen LogP contribution < -0.4 is 5.73 Å². The first-order valence-corrected chi connectivity index (χ1v) is 5.45. The number of hydrogen-bond donors (Lipinski definition) is 1. The number of halogens is 3. The minimum absolute atomic E-state index is 0.0371. The van der Waals surface area contributed by atoms with E-state index in [2.05, 4.69) is 0 Å². The zero-order chi connectivity index (χ0) is 11.7. The van der Waals surface area contributed by atoms with E-state index in [1.54, 1.807) is 0 Å². The van der Waals surface area contributed by atoms with Gasteiger partial charge in [0.25, 0.3) is 0 Å². The SMILES string of the molecule is NC(c1cc(F)c(Cl)cc1F)C1CCOC1. The van der Waals surface area contributed by atoms with Gasteiger partial charge in [0, 0.05) is 24.1 Å². The molecule has 2 N–H and O–H groups in total. The maximum atomic E-state index is 13.6. The maximum absolute atomic E-state index is 13.6. The molecular formula is C11H12ClF2NO. The lowest BCUT2D eigenvalue weighted by Crippen LogP contribution is -2.23. The Bertz CT molecular complexity index is 394. The molecule has 1 aliphatic rings. The van der Waals surface area contributed by atoms with Crippen LogP contribution in [0, 0.1) is 17.6 Å². The molecule has 1 aliphatic heterocycles. The minimum Gasteiger partial charge on any atom is -0.381 e. The van der Waals surface area contributed by atoms with Crippen LogP contribution >= 0.6 is 11.6 Å². The van der Waals surface area contributed by atoms with Gasteiger partial charge in [-0.05, 0) is 18.6 Å². The van der Waals surface area contributed by atoms with Gasteiger partial charge in [0.15, 0.2) is 0 Å². The Balaban J connectivity index is 2.28. The van der Waals surface area contributed by atoms with E-state index in [4.69, 9.17) is 22.1 Å². The topological polar surface area (TPSA) is 35.2 Å². The number of nitrogens with two attached hydrogens (primary N) is 1. The third-order valence-electron chi connectivity index (χ3n) is 2.87. The van der Waals surface area contributed by atoms with E-state index in [9.17, 15) is 8.78 Å². The summed E-state index contributed by atoms with van der Waals surface area (Å²) in [5.41, 5.74) is 6.05. The molecule has 1 aromatic rings. The molecule has 16 heavy (non-hydrogen) atoms. The molecule has 2 unspecified atom stereocenters. The van der Waals surface area contributed by atoms with E-state index in [-0.39, 0.29) is 16.5 Å². The Labute approximate surface area is 97.3 Å². The lowest BCUT2D eigenvalue weighted by molar-refractivity contribution is 0.180. The summed E-state index contributed by atoms with van der Waals surface area (Å²) < 4.78 is 32.0. The Morgan fingerprint density at radius 1 is 1.38 bits per heavy atom. The molecule has 1 fully saturated rings. The van der Waals surface area contributed by atoms with Gasteiger partial charge < -0.3 is 10.5 Å². The van der Waals surface area contributed by atoms with Gasteiger partial charge in [-0.15, -0.1) is 0 Å². The molecule has 0 radical (unpaired) electrons. The van der Waals surface area contributed by atoms with Crippen molar-refractivity contribution in [3.63, 3.8) is 0 Å². The summed E-state index contributed by atoms with van der Waals surface area (Å²) in [6.07, 6.45) is 0.769. The average Bonchev–Trinajstić information content (AvgIpc) is 2.75. The van der Waals surface area contributed by atoms with Crippen molar-refractivity contribution in [2.75, 3.05) is 13.2 Å². The van der Waals surface area contributed by atoms with Gasteiger partial charge in [-0.3, -0.25) is 0 Å². The van der Waals surface area contributed by atoms with Crippen LogP contribution in [-0.2, 0) is 4.74 Å². The largest absolute Gasteiger partial charge is 0.381 e. The van der Waals surface area contributed by atoms with Crippen LogP contribution in [0.25, 0.3) is 0 Å². The van der Waals surface area contributed by atoms with Crippen LogP contribution in [0.3, 0.4) is 0 Å². The van der Waals surface area contributed by atoms with Crippen LogP contribution in [0.4, 0.5) is 8.78 Å². The van der Waals surface area contributed by atoms with Crippen LogP contribution in [0.15, 0.2) is 12.1 Å². The highest BCUT2D eigenvalue weighted by Gasteiger charge is 2.26. The third kappa shape index (κ3) is 2.19. The summed E-state index contributed by atoms with van der Waals surface area (Å²) in [7, 11) is 0. The summed E-state index contributed by atoms with van der Waals surface area (Å²) in [5, 5.41) is -0.226. The smallest absolute Gasteiger partial charge is 0.142 e. The summed E-state index contributed by atoms with van der Waals surface area (Å²) in [6.45, 7) is 1.11. The zero-order valence-electron chi connectivity index (χ0n) is 8.55. The van der Waals surface area contributed by atoms with Gasteiger partial charge >= 0.3 is 0 Å². The molecule has 88 valence electrons. The molecule has 0 spiro atoms. The van der Waals surface area contributed by atoms with Gasteiger partial charge in [0.2, 0.25) is 0 Å².